The molecule has 1 aromatic carbocycles. The van der Waals surface area contributed by atoms with Crippen LogP contribution in [0, 0.1) is 17.8 Å². The van der Waals surface area contributed by atoms with Gasteiger partial charge >= 0.3 is 0 Å². The standard InChI is InChI=1S/C21H19N3O2/c1-13-21(26,16-12-19(16)24(13)2)10-9-14-5-3-6-15(11-14)17-7-4-8-18(23-17)20(22)25/h3-8,11,16,19,26H,1,12H2,2H3,(H2,22,25). The summed E-state index contributed by atoms with van der Waals surface area (Å²) in [5.41, 5.74) is 7.28. The first kappa shape index (κ1) is 16.4. The van der Waals surface area contributed by atoms with E-state index in [9.17, 15) is 9.90 Å². The molecule has 1 saturated carbocycles. The Bertz CT molecular complexity index is 988. The number of likely N-dealkylation sites (N-methyl/N-ethyl adjacent to an activating group) is 1. The normalized spacial score (nSPS) is 26.1. The number of aliphatic hydroxyl groups is 1. The zero-order valence-corrected chi connectivity index (χ0v) is 14.4. The van der Waals surface area contributed by atoms with Crippen LogP contribution in [0.4, 0.5) is 0 Å². The summed E-state index contributed by atoms with van der Waals surface area (Å²) in [6.07, 6.45) is 0.949. The summed E-state index contributed by atoms with van der Waals surface area (Å²) in [4.78, 5) is 17.6. The van der Waals surface area contributed by atoms with Gasteiger partial charge in [-0.25, -0.2) is 4.98 Å². The summed E-state index contributed by atoms with van der Waals surface area (Å²) in [6, 6.07) is 13.0. The second-order valence-electron chi connectivity index (χ2n) is 6.84. The molecule has 4 rings (SSSR count). The van der Waals surface area contributed by atoms with E-state index in [0.29, 0.717) is 17.4 Å². The third kappa shape index (κ3) is 2.56. The van der Waals surface area contributed by atoms with Crippen LogP contribution < -0.4 is 5.73 Å². The number of primary amides is 1. The van der Waals surface area contributed by atoms with Crippen LogP contribution in [0.25, 0.3) is 11.3 Å². The number of hydrogen-bond donors (Lipinski definition) is 2. The molecule has 3 atom stereocenters. The summed E-state index contributed by atoms with van der Waals surface area (Å²) < 4.78 is 0. The Morgan fingerprint density at radius 3 is 2.85 bits per heavy atom. The molecular weight excluding hydrogens is 326 g/mol. The van der Waals surface area contributed by atoms with E-state index in [1.54, 1.807) is 12.1 Å². The third-order valence-electron chi connectivity index (χ3n) is 5.21. The van der Waals surface area contributed by atoms with E-state index in [0.717, 1.165) is 17.5 Å². The van der Waals surface area contributed by atoms with Gasteiger partial charge in [-0.1, -0.05) is 36.6 Å². The molecule has 3 unspecified atom stereocenters. The van der Waals surface area contributed by atoms with Crippen molar-refractivity contribution in [1.82, 2.24) is 9.88 Å². The average Bonchev–Trinajstić information content (AvgIpc) is 3.43. The molecule has 0 spiro atoms. The van der Waals surface area contributed by atoms with E-state index >= 15 is 0 Å². The molecule has 1 aliphatic heterocycles. The molecule has 2 aromatic rings. The second kappa shape index (κ2) is 5.72. The van der Waals surface area contributed by atoms with Crippen LogP contribution in [0.1, 0.15) is 22.5 Å². The minimum atomic E-state index is -1.15. The minimum absolute atomic E-state index is 0.143. The van der Waals surface area contributed by atoms with E-state index in [2.05, 4.69) is 23.4 Å². The maximum atomic E-state index is 11.3. The van der Waals surface area contributed by atoms with Crippen molar-refractivity contribution in [3.63, 3.8) is 0 Å². The largest absolute Gasteiger partial charge is 0.372 e. The van der Waals surface area contributed by atoms with Crippen molar-refractivity contribution in [3.05, 3.63) is 66.0 Å². The molecule has 1 aliphatic carbocycles. The minimum Gasteiger partial charge on any atom is -0.372 e. The van der Waals surface area contributed by atoms with E-state index in [4.69, 9.17) is 5.73 Å². The predicted octanol–water partition coefficient (Wildman–Crippen LogP) is 1.78. The summed E-state index contributed by atoms with van der Waals surface area (Å²) in [5.74, 6) is 5.68. The van der Waals surface area contributed by atoms with Gasteiger partial charge in [-0.15, -0.1) is 0 Å². The molecule has 26 heavy (non-hydrogen) atoms. The molecule has 1 saturated heterocycles. The highest BCUT2D eigenvalue weighted by Crippen LogP contribution is 2.54. The van der Waals surface area contributed by atoms with Crippen LogP contribution in [-0.2, 0) is 0 Å². The average molecular weight is 345 g/mol. The number of hydrogen-bond acceptors (Lipinski definition) is 4. The molecule has 5 heteroatoms. The molecule has 2 heterocycles. The quantitative estimate of drug-likeness (QED) is 0.813. The van der Waals surface area contributed by atoms with Gasteiger partial charge in [-0.2, -0.15) is 0 Å². The molecular formula is C21H19N3O2. The summed E-state index contributed by atoms with van der Waals surface area (Å²) in [6.45, 7) is 3.99. The highest BCUT2D eigenvalue weighted by molar-refractivity contribution is 5.91. The van der Waals surface area contributed by atoms with Gasteiger partial charge in [0.25, 0.3) is 5.91 Å². The number of fused-ring (bicyclic) bond motifs is 1. The fourth-order valence-electron chi connectivity index (χ4n) is 3.56. The molecule has 3 N–H and O–H groups in total. The number of rotatable bonds is 2. The van der Waals surface area contributed by atoms with Gasteiger partial charge in [0.1, 0.15) is 5.69 Å². The van der Waals surface area contributed by atoms with Gasteiger partial charge in [-0.05, 0) is 30.7 Å². The first-order valence-electron chi connectivity index (χ1n) is 8.45. The van der Waals surface area contributed by atoms with Crippen LogP contribution in [0.15, 0.2) is 54.7 Å². The van der Waals surface area contributed by atoms with Crippen molar-refractivity contribution in [1.29, 1.82) is 0 Å². The van der Waals surface area contributed by atoms with Crippen LogP contribution >= 0.6 is 0 Å². The Labute approximate surface area is 152 Å². The van der Waals surface area contributed by atoms with Crippen LogP contribution in [-0.4, -0.2) is 39.6 Å². The van der Waals surface area contributed by atoms with Crippen molar-refractivity contribution >= 4 is 5.91 Å². The number of likely N-dealkylation sites (tertiary alicyclic amines) is 1. The lowest BCUT2D eigenvalue weighted by Gasteiger charge is -2.24. The number of piperidine rings is 1. The van der Waals surface area contributed by atoms with Gasteiger partial charge in [0.05, 0.1) is 11.4 Å². The molecule has 0 radical (unpaired) electrons. The highest BCUT2D eigenvalue weighted by Gasteiger charge is 2.62. The number of nitrogens with zero attached hydrogens (tertiary/aromatic N) is 2. The van der Waals surface area contributed by atoms with Gasteiger partial charge in [-0.3, -0.25) is 4.79 Å². The van der Waals surface area contributed by atoms with E-state index < -0.39 is 11.5 Å². The fourth-order valence-corrected chi connectivity index (χ4v) is 3.56. The topological polar surface area (TPSA) is 79.5 Å². The Morgan fingerprint density at radius 1 is 1.38 bits per heavy atom. The van der Waals surface area contributed by atoms with Crippen LogP contribution in [0.3, 0.4) is 0 Å². The molecule has 0 bridgehead atoms. The lowest BCUT2D eigenvalue weighted by atomic mass is 9.96. The van der Waals surface area contributed by atoms with Gasteiger partial charge in [0.15, 0.2) is 5.60 Å². The van der Waals surface area contributed by atoms with Gasteiger partial charge < -0.3 is 15.7 Å². The molecule has 2 fully saturated rings. The Balaban J connectivity index is 1.65. The van der Waals surface area contributed by atoms with E-state index in [1.807, 2.05) is 42.3 Å². The first-order chi connectivity index (χ1) is 12.4. The molecule has 1 amide bonds. The Kier molecular flexibility index (Phi) is 3.60. The van der Waals surface area contributed by atoms with Crippen LogP contribution in [0.5, 0.6) is 0 Å². The lowest BCUT2D eigenvalue weighted by molar-refractivity contribution is 0.0995. The predicted molar refractivity (Wildman–Crippen MR) is 98.8 cm³/mol. The summed E-state index contributed by atoms with van der Waals surface area (Å²) in [7, 11) is 1.95. The van der Waals surface area contributed by atoms with Gasteiger partial charge in [0, 0.05) is 30.1 Å². The summed E-state index contributed by atoms with van der Waals surface area (Å²) >= 11 is 0. The van der Waals surface area contributed by atoms with Crippen molar-refractivity contribution in [2.24, 2.45) is 11.7 Å². The number of amides is 1. The number of benzene rings is 1. The number of pyridine rings is 1. The van der Waals surface area contributed by atoms with E-state index in [1.165, 1.54) is 0 Å². The number of carbonyl (C=O) groups is 1. The highest BCUT2D eigenvalue weighted by atomic mass is 16.3. The molecule has 5 nitrogen and oxygen atoms in total. The lowest BCUT2D eigenvalue weighted by Crippen LogP contribution is -2.32. The van der Waals surface area contributed by atoms with Crippen LogP contribution in [0.2, 0.25) is 0 Å². The molecule has 2 aliphatic rings. The van der Waals surface area contributed by atoms with Crippen molar-refractivity contribution in [3.8, 4) is 23.1 Å². The number of aromatic nitrogens is 1. The summed E-state index contributed by atoms with van der Waals surface area (Å²) in [5, 5.41) is 10.9. The fraction of sp³-hybridized carbons (Fsp3) is 0.238. The second-order valence-corrected chi connectivity index (χ2v) is 6.84. The zero-order valence-electron chi connectivity index (χ0n) is 14.4. The number of nitrogens with two attached hydrogens (primary N) is 1. The smallest absolute Gasteiger partial charge is 0.267 e. The van der Waals surface area contributed by atoms with Crippen molar-refractivity contribution < 1.29 is 9.90 Å². The SMILES string of the molecule is C=C1N(C)C2CC2C1(O)C#Cc1cccc(-c2cccc(C(N)=O)n2)c1. The van der Waals surface area contributed by atoms with E-state index in [-0.39, 0.29) is 11.6 Å². The maximum Gasteiger partial charge on any atom is 0.267 e. The number of carbonyl (C=O) groups excluding carboxylic acids is 1. The first-order valence-corrected chi connectivity index (χ1v) is 8.45. The zero-order chi connectivity index (χ0) is 18.5. The maximum absolute atomic E-state index is 11.3. The van der Waals surface area contributed by atoms with Crippen molar-refractivity contribution in [2.45, 2.75) is 18.1 Å². The van der Waals surface area contributed by atoms with Crippen molar-refractivity contribution in [2.75, 3.05) is 7.05 Å². The van der Waals surface area contributed by atoms with Gasteiger partial charge in [0.2, 0.25) is 0 Å². The Morgan fingerprint density at radius 2 is 2.15 bits per heavy atom. The Hall–Kier alpha value is -3.10. The molecule has 130 valence electrons. The third-order valence-corrected chi connectivity index (χ3v) is 5.21. The molecule has 1 aromatic heterocycles. The monoisotopic (exact) mass is 345 g/mol.